The van der Waals surface area contributed by atoms with Crippen LogP contribution in [0.4, 0.5) is 10.1 Å². The first-order valence-electron chi connectivity index (χ1n) is 7.71. The number of anilines is 1. The molecule has 2 aromatic heterocycles. The van der Waals surface area contributed by atoms with Crippen molar-refractivity contribution in [1.82, 2.24) is 9.38 Å². The topological polar surface area (TPSA) is 46.4 Å². The lowest BCUT2D eigenvalue weighted by Crippen LogP contribution is -2.13. The van der Waals surface area contributed by atoms with E-state index in [9.17, 15) is 9.18 Å². The van der Waals surface area contributed by atoms with E-state index in [0.29, 0.717) is 11.4 Å². The van der Waals surface area contributed by atoms with Gasteiger partial charge in [-0.15, -0.1) is 11.3 Å². The van der Waals surface area contributed by atoms with E-state index in [2.05, 4.69) is 10.3 Å². The van der Waals surface area contributed by atoms with Gasteiger partial charge in [-0.2, -0.15) is 0 Å². The number of aryl methyl sites for hydroxylation is 1. The Kier molecular flexibility index (Phi) is 3.82. The fourth-order valence-corrected chi connectivity index (χ4v) is 3.37. The van der Waals surface area contributed by atoms with E-state index < -0.39 is 0 Å². The van der Waals surface area contributed by atoms with Crippen molar-refractivity contribution in [3.63, 3.8) is 0 Å². The summed E-state index contributed by atoms with van der Waals surface area (Å²) in [6.45, 7) is 2.02. The Bertz CT molecular complexity index is 1050. The van der Waals surface area contributed by atoms with E-state index in [1.54, 1.807) is 0 Å². The van der Waals surface area contributed by atoms with Gasteiger partial charge in [-0.25, -0.2) is 9.37 Å². The molecule has 0 aliphatic heterocycles. The van der Waals surface area contributed by atoms with Gasteiger partial charge in [0.1, 0.15) is 5.82 Å². The number of thiazole rings is 1. The standard InChI is InChI=1S/C19H14FN3OS/c1-12-2-4-13(5-3-12)17-16(22-19-23(17)10-11-25-19)18(24)21-15-8-6-14(20)7-9-15/h2-11H,1H3,(H,21,24). The molecule has 4 nitrogen and oxygen atoms in total. The number of carbonyl (C=O) groups is 1. The molecule has 0 atom stereocenters. The Morgan fingerprint density at radius 1 is 1.12 bits per heavy atom. The highest BCUT2D eigenvalue weighted by molar-refractivity contribution is 7.15. The van der Waals surface area contributed by atoms with Crippen molar-refractivity contribution in [1.29, 1.82) is 0 Å². The molecule has 4 rings (SSSR count). The number of imidazole rings is 1. The van der Waals surface area contributed by atoms with Crippen LogP contribution in [0, 0.1) is 12.7 Å². The lowest BCUT2D eigenvalue weighted by Gasteiger charge is -2.07. The summed E-state index contributed by atoms with van der Waals surface area (Å²) < 4.78 is 14.9. The number of carbonyl (C=O) groups excluding carboxylic acids is 1. The van der Waals surface area contributed by atoms with Crippen molar-refractivity contribution in [2.45, 2.75) is 6.92 Å². The van der Waals surface area contributed by atoms with Crippen LogP contribution in [-0.2, 0) is 0 Å². The second-order valence-electron chi connectivity index (χ2n) is 5.69. The number of nitrogens with one attached hydrogen (secondary N) is 1. The zero-order chi connectivity index (χ0) is 17.4. The summed E-state index contributed by atoms with van der Waals surface area (Å²) in [6.07, 6.45) is 1.90. The van der Waals surface area contributed by atoms with Crippen molar-refractivity contribution in [2.24, 2.45) is 0 Å². The molecule has 2 heterocycles. The molecule has 124 valence electrons. The third-order valence-corrected chi connectivity index (χ3v) is 4.66. The Morgan fingerprint density at radius 2 is 1.84 bits per heavy atom. The highest BCUT2D eigenvalue weighted by Gasteiger charge is 2.21. The van der Waals surface area contributed by atoms with Crippen molar-refractivity contribution >= 4 is 27.9 Å². The number of nitrogens with zero attached hydrogens (tertiary/aromatic N) is 2. The number of benzene rings is 2. The second-order valence-corrected chi connectivity index (χ2v) is 6.56. The Morgan fingerprint density at radius 3 is 2.56 bits per heavy atom. The number of rotatable bonds is 3. The van der Waals surface area contributed by atoms with Crippen LogP contribution in [-0.4, -0.2) is 15.3 Å². The monoisotopic (exact) mass is 351 g/mol. The molecule has 0 fully saturated rings. The van der Waals surface area contributed by atoms with Crippen LogP contribution in [0.25, 0.3) is 16.2 Å². The number of fused-ring (bicyclic) bond motifs is 1. The van der Waals surface area contributed by atoms with E-state index in [0.717, 1.165) is 21.8 Å². The van der Waals surface area contributed by atoms with Crippen LogP contribution in [0.1, 0.15) is 16.1 Å². The summed E-state index contributed by atoms with van der Waals surface area (Å²) in [5.41, 5.74) is 3.68. The third kappa shape index (κ3) is 2.92. The van der Waals surface area contributed by atoms with Gasteiger partial charge < -0.3 is 5.32 Å². The molecule has 0 aliphatic rings. The molecular formula is C19H14FN3OS. The fourth-order valence-electron chi connectivity index (χ4n) is 2.65. The lowest BCUT2D eigenvalue weighted by molar-refractivity contribution is 0.102. The van der Waals surface area contributed by atoms with Gasteiger partial charge in [0.15, 0.2) is 10.7 Å². The molecule has 0 saturated heterocycles. The smallest absolute Gasteiger partial charge is 0.276 e. The van der Waals surface area contributed by atoms with Gasteiger partial charge >= 0.3 is 0 Å². The number of hydrogen-bond acceptors (Lipinski definition) is 3. The number of hydrogen-bond donors (Lipinski definition) is 1. The van der Waals surface area contributed by atoms with Gasteiger partial charge in [-0.1, -0.05) is 29.8 Å². The Hall–Kier alpha value is -2.99. The zero-order valence-corrected chi connectivity index (χ0v) is 14.2. The summed E-state index contributed by atoms with van der Waals surface area (Å²) in [5, 5.41) is 4.71. The molecule has 4 aromatic rings. The van der Waals surface area contributed by atoms with E-state index >= 15 is 0 Å². The van der Waals surface area contributed by atoms with Gasteiger partial charge in [-0.05, 0) is 31.2 Å². The van der Waals surface area contributed by atoms with Crippen LogP contribution in [0.3, 0.4) is 0 Å². The first-order chi connectivity index (χ1) is 12.1. The first-order valence-corrected chi connectivity index (χ1v) is 8.59. The minimum atomic E-state index is -0.346. The molecule has 0 unspecified atom stereocenters. The molecular weight excluding hydrogens is 337 g/mol. The van der Waals surface area contributed by atoms with Crippen LogP contribution in [0.5, 0.6) is 0 Å². The number of halogens is 1. The molecule has 0 bridgehead atoms. The maximum atomic E-state index is 13.0. The van der Waals surface area contributed by atoms with E-state index in [1.165, 1.54) is 35.6 Å². The summed E-state index contributed by atoms with van der Waals surface area (Å²) >= 11 is 1.47. The lowest BCUT2D eigenvalue weighted by atomic mass is 10.1. The highest BCUT2D eigenvalue weighted by atomic mass is 32.1. The molecule has 25 heavy (non-hydrogen) atoms. The maximum absolute atomic E-state index is 13.0. The van der Waals surface area contributed by atoms with Gasteiger partial charge in [0.2, 0.25) is 0 Å². The summed E-state index contributed by atoms with van der Waals surface area (Å²) in [5.74, 6) is -0.668. The Balaban J connectivity index is 1.77. The SMILES string of the molecule is Cc1ccc(-c2c(C(=O)Nc3ccc(F)cc3)nc3sccn23)cc1. The van der Waals surface area contributed by atoms with Gasteiger partial charge in [0, 0.05) is 22.8 Å². The van der Waals surface area contributed by atoms with Gasteiger partial charge in [0.05, 0.1) is 5.69 Å². The zero-order valence-electron chi connectivity index (χ0n) is 13.4. The van der Waals surface area contributed by atoms with Crippen LogP contribution < -0.4 is 5.32 Å². The molecule has 1 N–H and O–H groups in total. The molecule has 6 heteroatoms. The van der Waals surface area contributed by atoms with E-state index in [4.69, 9.17) is 0 Å². The molecule has 0 spiro atoms. The number of aromatic nitrogens is 2. The fraction of sp³-hybridized carbons (Fsp3) is 0.0526. The van der Waals surface area contributed by atoms with E-state index in [-0.39, 0.29) is 11.7 Å². The third-order valence-electron chi connectivity index (χ3n) is 3.90. The molecule has 0 aliphatic carbocycles. The summed E-state index contributed by atoms with van der Waals surface area (Å²) in [6, 6.07) is 13.6. The average Bonchev–Trinajstić information content (AvgIpc) is 3.19. The minimum Gasteiger partial charge on any atom is -0.321 e. The summed E-state index contributed by atoms with van der Waals surface area (Å²) in [7, 11) is 0. The van der Waals surface area contributed by atoms with Gasteiger partial charge in [0.25, 0.3) is 5.91 Å². The summed E-state index contributed by atoms with van der Waals surface area (Å²) in [4.78, 5) is 18.0. The van der Waals surface area contributed by atoms with Crippen molar-refractivity contribution in [2.75, 3.05) is 5.32 Å². The predicted octanol–water partition coefficient (Wildman–Crippen LogP) is 4.76. The number of amides is 1. The van der Waals surface area contributed by atoms with Gasteiger partial charge in [-0.3, -0.25) is 9.20 Å². The molecule has 1 amide bonds. The van der Waals surface area contributed by atoms with Crippen LogP contribution in [0.15, 0.2) is 60.1 Å². The van der Waals surface area contributed by atoms with Crippen molar-refractivity contribution in [3.8, 4) is 11.3 Å². The van der Waals surface area contributed by atoms with Crippen LogP contribution >= 0.6 is 11.3 Å². The van der Waals surface area contributed by atoms with E-state index in [1.807, 2.05) is 47.2 Å². The van der Waals surface area contributed by atoms with Crippen molar-refractivity contribution < 1.29 is 9.18 Å². The molecule has 0 radical (unpaired) electrons. The largest absolute Gasteiger partial charge is 0.321 e. The average molecular weight is 351 g/mol. The van der Waals surface area contributed by atoms with Crippen LogP contribution in [0.2, 0.25) is 0 Å². The molecule has 2 aromatic carbocycles. The second kappa shape index (κ2) is 6.14. The molecule has 0 saturated carbocycles. The maximum Gasteiger partial charge on any atom is 0.276 e. The van der Waals surface area contributed by atoms with Crippen molar-refractivity contribution in [3.05, 3.63) is 77.2 Å². The normalized spacial score (nSPS) is 11.0. The highest BCUT2D eigenvalue weighted by Crippen LogP contribution is 2.28. The quantitative estimate of drug-likeness (QED) is 0.578. The Labute approximate surface area is 147 Å². The predicted molar refractivity (Wildman–Crippen MR) is 97.6 cm³/mol. The minimum absolute atomic E-state index is 0.321. The first kappa shape index (κ1) is 15.5.